The minimum absolute atomic E-state index is 0.0388. The summed E-state index contributed by atoms with van der Waals surface area (Å²) in [4.78, 5) is 4.32. The lowest BCUT2D eigenvalue weighted by molar-refractivity contribution is -0.270. The Bertz CT molecular complexity index is 1100. The number of aromatic nitrogens is 1. The summed E-state index contributed by atoms with van der Waals surface area (Å²) in [6.07, 6.45) is -4.98. The maximum atomic E-state index is 14.1. The molecule has 1 N–H and O–H groups in total. The van der Waals surface area contributed by atoms with Crippen molar-refractivity contribution in [3.05, 3.63) is 65.5 Å². The molecule has 0 radical (unpaired) electrons. The summed E-state index contributed by atoms with van der Waals surface area (Å²) in [6, 6.07) is 15.8. The van der Waals surface area contributed by atoms with Crippen LogP contribution in [0, 0.1) is 5.92 Å². The van der Waals surface area contributed by atoms with Crippen LogP contribution in [0.2, 0.25) is 0 Å². The molecule has 0 unspecified atom stereocenters. The molecule has 0 amide bonds. The Morgan fingerprint density at radius 3 is 2.59 bits per heavy atom. The maximum absolute atomic E-state index is 14.1. The van der Waals surface area contributed by atoms with E-state index in [1.165, 1.54) is 0 Å². The molecule has 3 aromatic rings. The molecule has 0 fully saturated rings. The van der Waals surface area contributed by atoms with E-state index in [4.69, 9.17) is 4.74 Å². The van der Waals surface area contributed by atoms with Gasteiger partial charge in [-0.25, -0.2) is 4.98 Å². The number of aliphatic hydroxyl groups is 1. The molecule has 148 valence electrons. The molecule has 1 aromatic heterocycles. The number of hydrazone groups is 1. The average Bonchev–Trinajstić information content (AvgIpc) is 3.32. The molecule has 2 aliphatic rings. The summed E-state index contributed by atoms with van der Waals surface area (Å²) in [5, 5.41) is 17.3. The molecule has 2 aromatic carbocycles. The molecule has 0 saturated heterocycles. The van der Waals surface area contributed by atoms with Crippen molar-refractivity contribution in [2.24, 2.45) is 11.0 Å². The molecule has 5 nitrogen and oxygen atoms in total. The van der Waals surface area contributed by atoms with Crippen LogP contribution in [0.15, 0.2) is 65.1 Å². The monoisotopic (exact) mass is 417 g/mol. The second-order valence-electron chi connectivity index (χ2n) is 6.76. The van der Waals surface area contributed by atoms with Crippen molar-refractivity contribution in [2.75, 3.05) is 11.6 Å². The number of benzene rings is 2. The van der Waals surface area contributed by atoms with Crippen molar-refractivity contribution in [3.8, 4) is 17.0 Å². The third kappa shape index (κ3) is 2.65. The first kappa shape index (κ1) is 18.1. The second kappa shape index (κ2) is 6.30. The minimum Gasteiger partial charge on any atom is -0.492 e. The van der Waals surface area contributed by atoms with Gasteiger partial charge in [-0.3, -0.25) is 0 Å². The number of halogens is 3. The summed E-state index contributed by atoms with van der Waals surface area (Å²) >= 11 is 0.994. The summed E-state index contributed by atoms with van der Waals surface area (Å²) in [5.41, 5.74) is -1.39. The first-order valence-electron chi connectivity index (χ1n) is 8.80. The van der Waals surface area contributed by atoms with E-state index in [1.807, 2.05) is 30.3 Å². The lowest BCUT2D eigenvalue weighted by Gasteiger charge is -2.38. The van der Waals surface area contributed by atoms with Crippen molar-refractivity contribution >= 4 is 22.2 Å². The lowest BCUT2D eigenvalue weighted by Crippen LogP contribution is -2.61. The Labute approximate surface area is 167 Å². The van der Waals surface area contributed by atoms with Gasteiger partial charge in [-0.15, -0.1) is 11.3 Å². The van der Waals surface area contributed by atoms with Gasteiger partial charge < -0.3 is 9.84 Å². The smallest absolute Gasteiger partial charge is 0.439 e. The fraction of sp³-hybridized carbons (Fsp3) is 0.200. The zero-order chi connectivity index (χ0) is 20.2. The Morgan fingerprint density at radius 1 is 1.10 bits per heavy atom. The van der Waals surface area contributed by atoms with E-state index >= 15 is 0 Å². The normalized spacial score (nSPS) is 23.2. The number of alkyl halides is 3. The van der Waals surface area contributed by atoms with Crippen molar-refractivity contribution in [1.82, 2.24) is 4.98 Å². The van der Waals surface area contributed by atoms with Crippen molar-refractivity contribution in [2.45, 2.75) is 11.9 Å². The van der Waals surface area contributed by atoms with Crippen LogP contribution in [0.4, 0.5) is 18.3 Å². The molecule has 5 rings (SSSR count). The molecule has 29 heavy (non-hydrogen) atoms. The number of ether oxygens (including phenoxy) is 1. The number of para-hydroxylation sites is 1. The fourth-order valence-corrected chi connectivity index (χ4v) is 4.45. The first-order chi connectivity index (χ1) is 13.9. The third-order valence-corrected chi connectivity index (χ3v) is 5.89. The van der Waals surface area contributed by atoms with E-state index < -0.39 is 17.8 Å². The van der Waals surface area contributed by atoms with E-state index in [-0.39, 0.29) is 17.5 Å². The van der Waals surface area contributed by atoms with E-state index in [9.17, 15) is 18.3 Å². The molecule has 2 atom stereocenters. The highest BCUT2D eigenvalue weighted by Gasteiger charge is 2.69. The maximum Gasteiger partial charge on any atom is 0.439 e. The van der Waals surface area contributed by atoms with Crippen LogP contribution in [0.1, 0.15) is 5.56 Å². The highest BCUT2D eigenvalue weighted by molar-refractivity contribution is 7.14. The average molecular weight is 417 g/mol. The zero-order valence-corrected chi connectivity index (χ0v) is 15.6. The predicted octanol–water partition coefficient (Wildman–Crippen LogP) is 4.29. The SMILES string of the molecule is O[C@]1(C(F)(F)F)[C@@H]2COc3ccccc3C2=NN1c1nc(-c2ccccc2)cs1. The van der Waals surface area contributed by atoms with Crippen LogP contribution < -0.4 is 9.75 Å². The molecular formula is C20H14F3N3O2S. The van der Waals surface area contributed by atoms with Crippen molar-refractivity contribution in [3.63, 3.8) is 0 Å². The van der Waals surface area contributed by atoms with Crippen LogP contribution in [0.25, 0.3) is 11.3 Å². The molecule has 9 heteroatoms. The van der Waals surface area contributed by atoms with Crippen molar-refractivity contribution < 1.29 is 23.0 Å². The number of thiazole rings is 1. The number of hydrogen-bond donors (Lipinski definition) is 1. The number of rotatable bonds is 2. The standard InChI is InChI=1S/C20H14F3N3O2S/c21-20(22,23)19(27)14-10-28-16-9-5-4-8-13(16)17(14)25-26(19)18-24-15(11-29-18)12-6-2-1-3-7-12/h1-9,11,14,27H,10H2/t14-,19+/m1/s1. The molecule has 0 aliphatic carbocycles. The molecule has 0 spiro atoms. The van der Waals surface area contributed by atoms with Crippen LogP contribution in [0.5, 0.6) is 5.75 Å². The number of fused-ring (bicyclic) bond motifs is 3. The van der Waals surface area contributed by atoms with Gasteiger partial charge in [0.05, 0.1) is 17.3 Å². The van der Waals surface area contributed by atoms with Gasteiger partial charge in [0.1, 0.15) is 12.4 Å². The quantitative estimate of drug-likeness (QED) is 0.676. The summed E-state index contributed by atoms with van der Waals surface area (Å²) in [5.74, 6) is -0.945. The van der Waals surface area contributed by atoms with Crippen molar-refractivity contribution in [1.29, 1.82) is 0 Å². The van der Waals surface area contributed by atoms with E-state index in [0.717, 1.165) is 16.9 Å². The van der Waals surface area contributed by atoms with Gasteiger partial charge in [-0.05, 0) is 12.1 Å². The first-order valence-corrected chi connectivity index (χ1v) is 9.68. The summed E-state index contributed by atoms with van der Waals surface area (Å²) < 4.78 is 47.8. The summed E-state index contributed by atoms with van der Waals surface area (Å²) in [7, 11) is 0. The molecule has 3 heterocycles. The molecule has 0 bridgehead atoms. The Kier molecular flexibility index (Phi) is 3.94. The van der Waals surface area contributed by atoms with Crippen LogP contribution in [-0.4, -0.2) is 34.3 Å². The highest BCUT2D eigenvalue weighted by Crippen LogP contribution is 2.50. The highest BCUT2D eigenvalue weighted by atomic mass is 32.1. The second-order valence-corrected chi connectivity index (χ2v) is 7.60. The van der Waals surface area contributed by atoms with E-state index in [0.29, 0.717) is 22.0 Å². The van der Waals surface area contributed by atoms with Gasteiger partial charge in [-0.2, -0.15) is 23.3 Å². The van der Waals surface area contributed by atoms with Crippen LogP contribution in [-0.2, 0) is 0 Å². The topological polar surface area (TPSA) is 58.0 Å². The van der Waals surface area contributed by atoms with Gasteiger partial charge in [0, 0.05) is 16.5 Å². The molecule has 0 saturated carbocycles. The largest absolute Gasteiger partial charge is 0.492 e. The predicted molar refractivity (Wildman–Crippen MR) is 103 cm³/mol. The number of anilines is 1. The number of nitrogens with zero attached hydrogens (tertiary/aromatic N) is 3. The third-order valence-electron chi connectivity index (χ3n) is 5.08. The zero-order valence-electron chi connectivity index (χ0n) is 14.8. The van der Waals surface area contributed by atoms with Gasteiger partial charge in [0.15, 0.2) is 0 Å². The van der Waals surface area contributed by atoms with E-state index in [1.54, 1.807) is 29.6 Å². The Balaban J connectivity index is 1.63. The fourth-order valence-electron chi connectivity index (χ4n) is 3.62. The van der Waals surface area contributed by atoms with Gasteiger partial charge in [0.2, 0.25) is 5.13 Å². The van der Waals surface area contributed by atoms with Gasteiger partial charge in [-0.1, -0.05) is 42.5 Å². The van der Waals surface area contributed by atoms with Gasteiger partial charge >= 0.3 is 6.18 Å². The lowest BCUT2D eigenvalue weighted by atomic mass is 9.86. The van der Waals surface area contributed by atoms with E-state index in [2.05, 4.69) is 10.1 Å². The molecule has 2 aliphatic heterocycles. The van der Waals surface area contributed by atoms with Gasteiger partial charge in [0.25, 0.3) is 5.72 Å². The van der Waals surface area contributed by atoms with Crippen LogP contribution >= 0.6 is 11.3 Å². The van der Waals surface area contributed by atoms with Crippen LogP contribution in [0.3, 0.4) is 0 Å². The number of hydrogen-bond acceptors (Lipinski definition) is 6. The Hall–Kier alpha value is -2.91. The summed E-state index contributed by atoms with van der Waals surface area (Å²) in [6.45, 7) is -0.334. The Morgan fingerprint density at radius 2 is 1.83 bits per heavy atom. The molecular weight excluding hydrogens is 403 g/mol. The minimum atomic E-state index is -4.98.